The number of ether oxygens (including phenoxy) is 2. The Kier molecular flexibility index (Phi) is 3.21. The summed E-state index contributed by atoms with van der Waals surface area (Å²) < 4.78 is 9.79. The first-order valence-electron chi connectivity index (χ1n) is 4.95. The van der Waals surface area contributed by atoms with E-state index in [-0.39, 0.29) is 5.75 Å². The summed E-state index contributed by atoms with van der Waals surface area (Å²) in [4.78, 5) is 16.6. The third-order valence-corrected chi connectivity index (χ3v) is 2.26. The minimum absolute atomic E-state index is 0.281. The van der Waals surface area contributed by atoms with E-state index in [0.29, 0.717) is 19.0 Å². The lowest BCUT2D eigenvalue weighted by Gasteiger charge is -2.27. The van der Waals surface area contributed by atoms with Gasteiger partial charge in [0, 0.05) is 25.4 Å². The number of nitrogens with zero attached hydrogens (tertiary/aromatic N) is 2. The Hall–Kier alpha value is -1.82. The minimum atomic E-state index is -1.32. The normalized spacial score (nSPS) is 15.9. The van der Waals surface area contributed by atoms with Crippen LogP contribution in [0.15, 0.2) is 18.3 Å². The van der Waals surface area contributed by atoms with Crippen LogP contribution in [-0.2, 0) is 4.74 Å². The Morgan fingerprint density at radius 1 is 1.50 bits per heavy atom. The van der Waals surface area contributed by atoms with Crippen molar-refractivity contribution in [1.82, 2.24) is 4.98 Å². The fourth-order valence-electron chi connectivity index (χ4n) is 1.53. The summed E-state index contributed by atoms with van der Waals surface area (Å²) in [5.41, 5.74) is 0. The highest BCUT2D eigenvalue weighted by Gasteiger charge is 2.13. The lowest BCUT2D eigenvalue weighted by atomic mass is 10.3. The van der Waals surface area contributed by atoms with Gasteiger partial charge in [0.25, 0.3) is 0 Å². The third-order valence-electron chi connectivity index (χ3n) is 2.26. The highest BCUT2D eigenvalue weighted by molar-refractivity contribution is 5.62. The van der Waals surface area contributed by atoms with Crippen LogP contribution in [0.3, 0.4) is 0 Å². The van der Waals surface area contributed by atoms with Gasteiger partial charge in [-0.1, -0.05) is 0 Å². The first kappa shape index (κ1) is 10.7. The number of morpholine rings is 1. The molecule has 0 amide bonds. The van der Waals surface area contributed by atoms with Crippen molar-refractivity contribution in [1.29, 1.82) is 0 Å². The molecule has 6 nitrogen and oxygen atoms in total. The minimum Gasteiger partial charge on any atom is -0.449 e. The van der Waals surface area contributed by atoms with Crippen LogP contribution >= 0.6 is 0 Å². The van der Waals surface area contributed by atoms with E-state index in [1.807, 2.05) is 4.90 Å². The molecule has 2 rings (SSSR count). The van der Waals surface area contributed by atoms with E-state index in [4.69, 9.17) is 9.84 Å². The van der Waals surface area contributed by atoms with Crippen LogP contribution in [0.5, 0.6) is 5.75 Å². The van der Waals surface area contributed by atoms with Crippen molar-refractivity contribution in [2.24, 2.45) is 0 Å². The maximum absolute atomic E-state index is 10.4. The number of pyridine rings is 1. The van der Waals surface area contributed by atoms with E-state index in [1.165, 1.54) is 12.3 Å². The van der Waals surface area contributed by atoms with E-state index in [9.17, 15) is 4.79 Å². The van der Waals surface area contributed by atoms with Crippen molar-refractivity contribution in [2.75, 3.05) is 31.2 Å². The maximum atomic E-state index is 10.4. The quantitative estimate of drug-likeness (QED) is 0.755. The van der Waals surface area contributed by atoms with Crippen molar-refractivity contribution in [3.63, 3.8) is 0 Å². The fourth-order valence-corrected chi connectivity index (χ4v) is 1.53. The molecule has 1 aliphatic rings. The summed E-state index contributed by atoms with van der Waals surface area (Å²) in [6.45, 7) is 2.82. The van der Waals surface area contributed by atoms with Crippen molar-refractivity contribution in [3.05, 3.63) is 18.3 Å². The van der Waals surface area contributed by atoms with Gasteiger partial charge in [-0.25, -0.2) is 9.78 Å². The molecule has 1 N–H and O–H groups in total. The van der Waals surface area contributed by atoms with Crippen LogP contribution in [0.2, 0.25) is 0 Å². The average molecular weight is 224 g/mol. The molecule has 0 bridgehead atoms. The third kappa shape index (κ3) is 2.60. The maximum Gasteiger partial charge on any atom is 0.511 e. The summed E-state index contributed by atoms with van der Waals surface area (Å²) in [6, 6.07) is 3.12. The summed E-state index contributed by atoms with van der Waals surface area (Å²) in [6.07, 6.45) is 0.211. The molecule has 0 saturated carbocycles. The van der Waals surface area contributed by atoms with Crippen LogP contribution in [0, 0.1) is 0 Å². The second-order valence-electron chi connectivity index (χ2n) is 3.32. The predicted molar refractivity (Wildman–Crippen MR) is 55.9 cm³/mol. The number of hydrogen-bond acceptors (Lipinski definition) is 5. The van der Waals surface area contributed by atoms with Crippen LogP contribution in [0.1, 0.15) is 0 Å². The molecule has 1 saturated heterocycles. The van der Waals surface area contributed by atoms with Crippen LogP contribution in [-0.4, -0.2) is 42.5 Å². The Morgan fingerprint density at radius 3 is 2.94 bits per heavy atom. The summed E-state index contributed by atoms with van der Waals surface area (Å²) in [7, 11) is 0. The fraction of sp³-hybridized carbons (Fsp3) is 0.400. The Bertz CT molecular complexity index is 377. The van der Waals surface area contributed by atoms with Gasteiger partial charge in [-0.15, -0.1) is 0 Å². The van der Waals surface area contributed by atoms with E-state index in [2.05, 4.69) is 9.72 Å². The predicted octanol–water partition coefficient (Wildman–Crippen LogP) is 0.975. The molecule has 0 unspecified atom stereocenters. The van der Waals surface area contributed by atoms with E-state index >= 15 is 0 Å². The first-order chi connectivity index (χ1) is 7.75. The topological polar surface area (TPSA) is 71.9 Å². The zero-order valence-electron chi connectivity index (χ0n) is 8.63. The van der Waals surface area contributed by atoms with Crippen LogP contribution < -0.4 is 9.64 Å². The van der Waals surface area contributed by atoms with Gasteiger partial charge >= 0.3 is 6.16 Å². The van der Waals surface area contributed by atoms with E-state index in [1.54, 1.807) is 6.07 Å². The van der Waals surface area contributed by atoms with Crippen molar-refractivity contribution < 1.29 is 19.4 Å². The molecule has 0 atom stereocenters. The largest absolute Gasteiger partial charge is 0.511 e. The Labute approximate surface area is 92.4 Å². The average Bonchev–Trinajstić information content (AvgIpc) is 2.30. The monoisotopic (exact) mass is 224 g/mol. The van der Waals surface area contributed by atoms with Gasteiger partial charge in [-0.05, 0) is 6.07 Å². The molecule has 0 aromatic carbocycles. The summed E-state index contributed by atoms with van der Waals surface area (Å²) in [5, 5.41) is 8.49. The molecular weight excluding hydrogens is 212 g/mol. The number of hydrogen-bond donors (Lipinski definition) is 1. The molecular formula is C10H12N2O4. The second kappa shape index (κ2) is 4.80. The molecule has 16 heavy (non-hydrogen) atoms. The molecule has 0 spiro atoms. The number of carbonyl (C=O) groups is 1. The number of carboxylic acid groups (broad SMARTS) is 1. The van der Waals surface area contributed by atoms with Gasteiger partial charge in [-0.3, -0.25) is 0 Å². The van der Waals surface area contributed by atoms with Gasteiger partial charge in [0.05, 0.1) is 13.2 Å². The lowest BCUT2D eigenvalue weighted by molar-refractivity contribution is 0.122. The van der Waals surface area contributed by atoms with Crippen LogP contribution in [0.25, 0.3) is 0 Å². The highest BCUT2D eigenvalue weighted by Crippen LogP contribution is 2.19. The van der Waals surface area contributed by atoms with Crippen LogP contribution in [0.4, 0.5) is 10.6 Å². The smallest absolute Gasteiger partial charge is 0.449 e. The second-order valence-corrected chi connectivity index (χ2v) is 3.32. The molecule has 1 fully saturated rings. The first-order valence-corrected chi connectivity index (χ1v) is 4.95. The Balaban J connectivity index is 2.11. The molecule has 86 valence electrons. The van der Waals surface area contributed by atoms with Gasteiger partial charge in [0.15, 0.2) is 0 Å². The Morgan fingerprint density at radius 2 is 2.25 bits per heavy atom. The number of aromatic nitrogens is 1. The summed E-state index contributed by atoms with van der Waals surface area (Å²) in [5.74, 6) is 0.992. The van der Waals surface area contributed by atoms with Crippen molar-refractivity contribution >= 4 is 12.0 Å². The van der Waals surface area contributed by atoms with Gasteiger partial charge in [0.2, 0.25) is 0 Å². The summed E-state index contributed by atoms with van der Waals surface area (Å²) >= 11 is 0. The highest BCUT2D eigenvalue weighted by atomic mass is 16.7. The van der Waals surface area contributed by atoms with Crippen molar-refractivity contribution in [2.45, 2.75) is 0 Å². The molecule has 0 aliphatic carbocycles. The van der Waals surface area contributed by atoms with Crippen molar-refractivity contribution in [3.8, 4) is 5.75 Å². The lowest BCUT2D eigenvalue weighted by Crippen LogP contribution is -2.36. The number of rotatable bonds is 2. The zero-order valence-corrected chi connectivity index (χ0v) is 8.63. The van der Waals surface area contributed by atoms with Gasteiger partial charge in [0.1, 0.15) is 11.6 Å². The molecule has 6 heteroatoms. The van der Waals surface area contributed by atoms with Gasteiger partial charge < -0.3 is 19.5 Å². The SMILES string of the molecule is O=C(O)Oc1ccnc(N2CCOCC2)c1. The molecule has 1 aromatic heterocycles. The standard InChI is InChI=1S/C10H12N2O4/c13-10(14)16-8-1-2-11-9(7-8)12-3-5-15-6-4-12/h1-2,7H,3-6H2,(H,13,14). The van der Waals surface area contributed by atoms with E-state index < -0.39 is 6.16 Å². The number of anilines is 1. The molecule has 1 aromatic rings. The zero-order chi connectivity index (χ0) is 11.4. The molecule has 2 heterocycles. The van der Waals surface area contributed by atoms with Gasteiger partial charge in [-0.2, -0.15) is 0 Å². The molecule has 1 aliphatic heterocycles. The van der Waals surface area contributed by atoms with E-state index in [0.717, 1.165) is 13.1 Å². The molecule has 0 radical (unpaired) electrons.